The number of nitrogens with one attached hydrogen (secondary N) is 1. The lowest BCUT2D eigenvalue weighted by Crippen LogP contribution is -2.12. The van der Waals surface area contributed by atoms with Crippen LogP contribution in [-0.2, 0) is 0 Å². The van der Waals surface area contributed by atoms with Gasteiger partial charge in [0, 0.05) is 16.8 Å². The highest BCUT2D eigenvalue weighted by Crippen LogP contribution is 2.28. The minimum Gasteiger partial charge on any atom is -0.493 e. The number of carbonyl (C=O) groups excluding carboxylic acids is 1. The van der Waals surface area contributed by atoms with Crippen molar-refractivity contribution in [2.24, 2.45) is 0 Å². The molecule has 1 N–H and O–H groups in total. The van der Waals surface area contributed by atoms with E-state index in [1.807, 2.05) is 0 Å². The van der Waals surface area contributed by atoms with E-state index in [2.05, 4.69) is 10.3 Å². The summed E-state index contributed by atoms with van der Waals surface area (Å²) in [5.41, 5.74) is 1.60. The van der Waals surface area contributed by atoms with Crippen molar-refractivity contribution >= 4 is 22.5 Å². The van der Waals surface area contributed by atoms with Crippen LogP contribution in [0.1, 0.15) is 10.4 Å². The van der Waals surface area contributed by atoms with Crippen molar-refractivity contribution in [3.05, 3.63) is 82.7 Å². The van der Waals surface area contributed by atoms with Crippen molar-refractivity contribution < 1.29 is 18.7 Å². The van der Waals surface area contributed by atoms with Crippen molar-refractivity contribution in [1.82, 2.24) is 4.98 Å². The zero-order valence-electron chi connectivity index (χ0n) is 16.3. The monoisotopic (exact) mass is 402 g/mol. The fraction of sp³-hybridized carbons (Fsp3) is 0.0870. The molecule has 0 spiro atoms. The maximum Gasteiger partial charge on any atom is 0.347 e. The Hall–Kier alpha value is -4.13. The number of aromatic nitrogens is 1. The molecule has 150 valence electrons. The van der Waals surface area contributed by atoms with Gasteiger partial charge < -0.3 is 19.2 Å². The quantitative estimate of drug-likeness (QED) is 0.540. The molecule has 0 aliphatic rings. The molecule has 0 unspecified atom stereocenters. The summed E-state index contributed by atoms with van der Waals surface area (Å²) in [6.45, 7) is 0. The molecule has 0 fully saturated rings. The van der Waals surface area contributed by atoms with Crippen LogP contribution in [0.4, 0.5) is 5.69 Å². The number of anilines is 1. The van der Waals surface area contributed by atoms with Crippen LogP contribution in [0.2, 0.25) is 0 Å². The SMILES string of the molecule is COc1ccc(C(=O)Nc2cccc(-c3nc4ccccc4c(=O)o3)c2)cc1OC. The Morgan fingerprint density at radius 3 is 2.53 bits per heavy atom. The van der Waals surface area contributed by atoms with E-state index in [0.717, 1.165) is 0 Å². The number of nitrogens with zero attached hydrogens (tertiary/aromatic N) is 1. The number of hydrogen-bond acceptors (Lipinski definition) is 6. The van der Waals surface area contributed by atoms with E-state index in [1.54, 1.807) is 66.7 Å². The molecule has 1 amide bonds. The maximum atomic E-state index is 12.7. The summed E-state index contributed by atoms with van der Waals surface area (Å²) in [7, 11) is 3.04. The highest BCUT2D eigenvalue weighted by atomic mass is 16.5. The van der Waals surface area contributed by atoms with Crippen LogP contribution in [-0.4, -0.2) is 25.1 Å². The molecule has 3 aromatic carbocycles. The zero-order valence-corrected chi connectivity index (χ0v) is 16.3. The minimum absolute atomic E-state index is 0.181. The van der Waals surface area contributed by atoms with E-state index in [1.165, 1.54) is 14.2 Å². The molecule has 0 aliphatic carbocycles. The van der Waals surface area contributed by atoms with E-state index in [9.17, 15) is 9.59 Å². The van der Waals surface area contributed by atoms with E-state index >= 15 is 0 Å². The van der Waals surface area contributed by atoms with Crippen LogP contribution in [0.5, 0.6) is 11.5 Å². The fourth-order valence-corrected chi connectivity index (χ4v) is 3.05. The molecule has 0 bridgehead atoms. The predicted octanol–water partition coefficient (Wildman–Crippen LogP) is 4.12. The molecule has 4 rings (SSSR count). The van der Waals surface area contributed by atoms with Crippen molar-refractivity contribution in [3.63, 3.8) is 0 Å². The van der Waals surface area contributed by atoms with Gasteiger partial charge in [-0.25, -0.2) is 9.78 Å². The second-order valence-corrected chi connectivity index (χ2v) is 6.43. The number of methoxy groups -OCH3 is 2. The van der Waals surface area contributed by atoms with Gasteiger partial charge in [0.1, 0.15) is 0 Å². The smallest absolute Gasteiger partial charge is 0.347 e. The summed E-state index contributed by atoms with van der Waals surface area (Å²) in [6, 6.07) is 18.8. The highest BCUT2D eigenvalue weighted by Gasteiger charge is 2.13. The van der Waals surface area contributed by atoms with Crippen molar-refractivity contribution in [2.45, 2.75) is 0 Å². The lowest BCUT2D eigenvalue weighted by molar-refractivity contribution is 0.102. The topological polar surface area (TPSA) is 90.7 Å². The first-order chi connectivity index (χ1) is 14.6. The summed E-state index contributed by atoms with van der Waals surface area (Å²) >= 11 is 0. The Bertz CT molecular complexity index is 1300. The van der Waals surface area contributed by atoms with Gasteiger partial charge in [0.2, 0.25) is 5.89 Å². The first-order valence-electron chi connectivity index (χ1n) is 9.13. The van der Waals surface area contributed by atoms with Crippen LogP contribution in [0, 0.1) is 0 Å². The number of para-hydroxylation sites is 1. The molecule has 1 aromatic heterocycles. The number of rotatable bonds is 5. The first kappa shape index (κ1) is 19.2. The average molecular weight is 402 g/mol. The molecule has 30 heavy (non-hydrogen) atoms. The van der Waals surface area contributed by atoms with Gasteiger partial charge in [-0.2, -0.15) is 0 Å². The molecule has 7 nitrogen and oxygen atoms in total. The zero-order chi connectivity index (χ0) is 21.1. The van der Waals surface area contributed by atoms with Gasteiger partial charge in [-0.15, -0.1) is 0 Å². The number of carbonyl (C=O) groups is 1. The molecule has 0 saturated heterocycles. The van der Waals surface area contributed by atoms with E-state index < -0.39 is 5.63 Å². The predicted molar refractivity (Wildman–Crippen MR) is 113 cm³/mol. The van der Waals surface area contributed by atoms with Gasteiger partial charge in [-0.3, -0.25) is 4.79 Å². The van der Waals surface area contributed by atoms with Gasteiger partial charge in [-0.05, 0) is 48.5 Å². The van der Waals surface area contributed by atoms with Crippen molar-refractivity contribution in [3.8, 4) is 23.0 Å². The standard InChI is InChI=1S/C23H18N2O5/c1-28-19-11-10-14(13-20(19)29-2)21(26)24-16-7-5-6-15(12-16)22-25-18-9-4-3-8-17(18)23(27)30-22/h3-13H,1-2H3,(H,24,26). The second-order valence-electron chi connectivity index (χ2n) is 6.43. The third-order valence-corrected chi connectivity index (χ3v) is 4.55. The molecule has 1 heterocycles. The van der Waals surface area contributed by atoms with Crippen molar-refractivity contribution in [1.29, 1.82) is 0 Å². The highest BCUT2D eigenvalue weighted by molar-refractivity contribution is 6.04. The van der Waals surface area contributed by atoms with Crippen LogP contribution in [0.15, 0.2) is 75.9 Å². The minimum atomic E-state index is -0.463. The summed E-state index contributed by atoms with van der Waals surface area (Å²) in [6.07, 6.45) is 0. The number of fused-ring (bicyclic) bond motifs is 1. The third kappa shape index (κ3) is 3.73. The Morgan fingerprint density at radius 2 is 1.73 bits per heavy atom. The summed E-state index contributed by atoms with van der Waals surface area (Å²) in [4.78, 5) is 29.3. The number of benzene rings is 3. The Balaban J connectivity index is 1.63. The molecule has 0 atom stereocenters. The van der Waals surface area contributed by atoms with Crippen LogP contribution in [0.3, 0.4) is 0 Å². The van der Waals surface area contributed by atoms with Crippen LogP contribution in [0.25, 0.3) is 22.4 Å². The maximum absolute atomic E-state index is 12.7. The van der Waals surface area contributed by atoms with Crippen molar-refractivity contribution in [2.75, 3.05) is 19.5 Å². The molecule has 0 radical (unpaired) electrons. The van der Waals surface area contributed by atoms with Crippen LogP contribution < -0.4 is 20.4 Å². The van der Waals surface area contributed by atoms with E-state index in [4.69, 9.17) is 13.9 Å². The summed E-state index contributed by atoms with van der Waals surface area (Å²) in [5.74, 6) is 0.858. The number of amides is 1. The lowest BCUT2D eigenvalue weighted by atomic mass is 10.1. The Morgan fingerprint density at radius 1 is 0.933 bits per heavy atom. The molecular weight excluding hydrogens is 384 g/mol. The van der Waals surface area contributed by atoms with Crippen LogP contribution >= 0.6 is 0 Å². The lowest BCUT2D eigenvalue weighted by Gasteiger charge is -2.10. The van der Waals surface area contributed by atoms with Gasteiger partial charge in [0.25, 0.3) is 5.91 Å². The van der Waals surface area contributed by atoms with Gasteiger partial charge in [-0.1, -0.05) is 18.2 Å². The molecule has 7 heteroatoms. The van der Waals surface area contributed by atoms with Gasteiger partial charge >= 0.3 is 5.63 Å². The summed E-state index contributed by atoms with van der Waals surface area (Å²) in [5, 5.41) is 3.24. The van der Waals surface area contributed by atoms with E-state index in [0.29, 0.717) is 39.2 Å². The molecular formula is C23H18N2O5. The van der Waals surface area contributed by atoms with Gasteiger partial charge in [0.15, 0.2) is 11.5 Å². The van der Waals surface area contributed by atoms with E-state index in [-0.39, 0.29) is 11.8 Å². The first-order valence-corrected chi connectivity index (χ1v) is 9.13. The second kappa shape index (κ2) is 8.08. The Labute approximate surface area is 171 Å². The molecule has 0 aliphatic heterocycles. The number of ether oxygens (including phenoxy) is 2. The van der Waals surface area contributed by atoms with Gasteiger partial charge in [0.05, 0.1) is 25.1 Å². The summed E-state index contributed by atoms with van der Waals surface area (Å²) < 4.78 is 15.8. The Kier molecular flexibility index (Phi) is 5.17. The normalized spacial score (nSPS) is 10.6. The molecule has 0 saturated carbocycles. The largest absolute Gasteiger partial charge is 0.493 e. The average Bonchev–Trinajstić information content (AvgIpc) is 2.78. The number of hydrogen-bond donors (Lipinski definition) is 1. The fourth-order valence-electron chi connectivity index (χ4n) is 3.05. The third-order valence-electron chi connectivity index (χ3n) is 4.55. The molecule has 4 aromatic rings.